The van der Waals surface area contributed by atoms with Crippen molar-refractivity contribution in [1.82, 2.24) is 4.90 Å². The number of piperidine rings is 1. The van der Waals surface area contributed by atoms with Crippen molar-refractivity contribution in [1.29, 1.82) is 0 Å². The second kappa shape index (κ2) is 11.4. The molecule has 2 N–H and O–H groups in total. The van der Waals surface area contributed by atoms with Gasteiger partial charge in [-0.3, -0.25) is 4.79 Å². The molecule has 1 saturated heterocycles. The lowest BCUT2D eigenvalue weighted by molar-refractivity contribution is -0.143. The third-order valence-corrected chi connectivity index (χ3v) is 7.74. The van der Waals surface area contributed by atoms with Crippen LogP contribution >= 0.6 is 0 Å². The number of halogens is 7. The summed E-state index contributed by atoms with van der Waals surface area (Å²) >= 11 is 0. The molecule has 1 heterocycles. The molecule has 3 atom stereocenters. The van der Waals surface area contributed by atoms with Crippen LogP contribution in [0.2, 0.25) is 0 Å². The third-order valence-electron chi connectivity index (χ3n) is 7.74. The number of rotatable bonds is 5. The van der Waals surface area contributed by atoms with E-state index in [0.717, 1.165) is 12.8 Å². The lowest BCUT2D eigenvalue weighted by Gasteiger charge is -2.41. The van der Waals surface area contributed by atoms with Gasteiger partial charge in [0.2, 0.25) is 5.91 Å². The fraction of sp³-hybridized carbons (Fsp3) is 0.536. The Balaban J connectivity index is 1.58. The van der Waals surface area contributed by atoms with Crippen LogP contribution < -0.4 is 5.73 Å². The molecule has 2 aromatic rings. The molecule has 0 aromatic heterocycles. The first kappa shape index (κ1) is 29.3. The summed E-state index contributed by atoms with van der Waals surface area (Å²) in [6, 6.07) is 7.14. The van der Waals surface area contributed by atoms with Gasteiger partial charge in [0, 0.05) is 31.0 Å². The summed E-state index contributed by atoms with van der Waals surface area (Å²) in [5, 5.41) is 0. The molecule has 1 saturated carbocycles. The fourth-order valence-corrected chi connectivity index (χ4v) is 5.50. The number of carbonyl (C=O) groups excluding carboxylic acids is 1. The van der Waals surface area contributed by atoms with Crippen LogP contribution in [0.25, 0.3) is 0 Å². The van der Waals surface area contributed by atoms with Gasteiger partial charge in [0.05, 0.1) is 23.3 Å². The molecule has 0 bridgehead atoms. The second-order valence-corrected chi connectivity index (χ2v) is 10.5. The van der Waals surface area contributed by atoms with E-state index in [2.05, 4.69) is 0 Å². The Hall–Kier alpha value is -2.66. The number of nitrogens with zero attached hydrogens (tertiary/aromatic N) is 1. The number of amides is 1. The van der Waals surface area contributed by atoms with E-state index in [9.17, 15) is 35.5 Å². The first-order valence-corrected chi connectivity index (χ1v) is 13.0. The molecule has 214 valence electrons. The Bertz CT molecular complexity index is 1110. The van der Waals surface area contributed by atoms with Crippen molar-refractivity contribution in [3.8, 4) is 0 Å². The molecule has 0 radical (unpaired) electrons. The molecule has 1 aliphatic carbocycles. The molecule has 0 spiro atoms. The van der Waals surface area contributed by atoms with Crippen LogP contribution in [0.3, 0.4) is 0 Å². The summed E-state index contributed by atoms with van der Waals surface area (Å²) in [6.45, 7) is 1.97. The zero-order chi connectivity index (χ0) is 28.5. The van der Waals surface area contributed by atoms with E-state index in [4.69, 9.17) is 10.5 Å². The molecule has 2 aliphatic rings. The van der Waals surface area contributed by atoms with Crippen molar-refractivity contribution < 1.29 is 40.3 Å². The van der Waals surface area contributed by atoms with Gasteiger partial charge in [0.25, 0.3) is 0 Å². The van der Waals surface area contributed by atoms with Crippen LogP contribution in [0.4, 0.5) is 30.7 Å². The van der Waals surface area contributed by atoms with E-state index < -0.39 is 47.4 Å². The molecule has 1 aliphatic heterocycles. The van der Waals surface area contributed by atoms with E-state index >= 15 is 0 Å². The maximum Gasteiger partial charge on any atom is 0.416 e. The Morgan fingerprint density at radius 1 is 0.923 bits per heavy atom. The van der Waals surface area contributed by atoms with Gasteiger partial charge >= 0.3 is 12.4 Å². The highest BCUT2D eigenvalue weighted by Crippen LogP contribution is 2.40. The number of likely N-dealkylation sites (tertiary alicyclic amines) is 1. The molecular weight excluding hydrogens is 529 g/mol. The standard InChI is InChI=1S/C28H31F7N2O2/c1-16(19-12-20(27(30,31)32)14-21(13-19)28(33,34)35)39-25-10-11-37(26(38)18-4-8-23(36)9-5-18)15-24(25)17-2-6-22(29)7-3-17/h2-3,6-7,12-14,16,18,23-25H,4-5,8-11,15,36H2,1H3/t16-,18-,23-,24-,25+/m1/s1. The van der Waals surface area contributed by atoms with Gasteiger partial charge in [0.1, 0.15) is 5.82 Å². The fourth-order valence-electron chi connectivity index (χ4n) is 5.50. The van der Waals surface area contributed by atoms with Crippen molar-refractivity contribution in [3.05, 3.63) is 70.5 Å². The van der Waals surface area contributed by atoms with Crippen molar-refractivity contribution in [2.75, 3.05) is 13.1 Å². The van der Waals surface area contributed by atoms with Gasteiger partial charge in [0.15, 0.2) is 0 Å². The van der Waals surface area contributed by atoms with Crippen LogP contribution in [0.1, 0.15) is 73.3 Å². The second-order valence-electron chi connectivity index (χ2n) is 10.5. The quantitative estimate of drug-likeness (QED) is 0.408. The average Bonchev–Trinajstić information content (AvgIpc) is 2.88. The van der Waals surface area contributed by atoms with Crippen LogP contribution in [-0.4, -0.2) is 36.0 Å². The number of alkyl halides is 6. The zero-order valence-corrected chi connectivity index (χ0v) is 21.4. The number of nitrogens with two attached hydrogens (primary N) is 1. The first-order chi connectivity index (χ1) is 18.2. The van der Waals surface area contributed by atoms with E-state index in [1.54, 1.807) is 17.0 Å². The van der Waals surface area contributed by atoms with Crippen molar-refractivity contribution in [2.45, 2.75) is 75.5 Å². The molecule has 11 heteroatoms. The number of benzene rings is 2. The SMILES string of the molecule is C[C@@H](O[C@H]1CCN(C(=O)[C@H]2CC[C@H](N)CC2)C[C@@H]1c1ccc(F)cc1)c1cc(C(F)(F)F)cc(C(F)(F)F)c1. The van der Waals surface area contributed by atoms with E-state index in [1.807, 2.05) is 0 Å². The van der Waals surface area contributed by atoms with Gasteiger partial charge in [-0.2, -0.15) is 26.3 Å². The molecule has 4 rings (SSSR count). The monoisotopic (exact) mass is 560 g/mol. The molecule has 4 nitrogen and oxygen atoms in total. The predicted molar refractivity (Wildman–Crippen MR) is 130 cm³/mol. The van der Waals surface area contributed by atoms with Crippen molar-refractivity contribution in [2.24, 2.45) is 11.7 Å². The highest BCUT2D eigenvalue weighted by Gasteiger charge is 2.39. The minimum Gasteiger partial charge on any atom is -0.370 e. The molecule has 2 aromatic carbocycles. The van der Waals surface area contributed by atoms with E-state index in [0.29, 0.717) is 43.5 Å². The molecule has 39 heavy (non-hydrogen) atoms. The van der Waals surface area contributed by atoms with Gasteiger partial charge in [-0.1, -0.05) is 12.1 Å². The zero-order valence-electron chi connectivity index (χ0n) is 21.4. The lowest BCUT2D eigenvalue weighted by atomic mass is 9.83. The average molecular weight is 561 g/mol. The predicted octanol–water partition coefficient (Wildman–Crippen LogP) is 6.84. The summed E-state index contributed by atoms with van der Waals surface area (Å²) in [7, 11) is 0. The Labute approximate surface area is 222 Å². The number of ether oxygens (including phenoxy) is 1. The summed E-state index contributed by atoms with van der Waals surface area (Å²) in [6.07, 6.45) is -8.48. The molecule has 1 amide bonds. The minimum absolute atomic E-state index is 0.00629. The maximum absolute atomic E-state index is 13.6. The van der Waals surface area contributed by atoms with Gasteiger partial charge in [-0.15, -0.1) is 0 Å². The Kier molecular flexibility index (Phi) is 8.61. The summed E-state index contributed by atoms with van der Waals surface area (Å²) in [5.74, 6) is -1.07. The topological polar surface area (TPSA) is 55.6 Å². The number of hydrogen-bond donors (Lipinski definition) is 1. The van der Waals surface area contributed by atoms with Crippen LogP contribution in [0.15, 0.2) is 42.5 Å². The van der Waals surface area contributed by atoms with E-state index in [1.165, 1.54) is 19.1 Å². The molecule has 0 unspecified atom stereocenters. The first-order valence-electron chi connectivity index (χ1n) is 13.0. The summed E-state index contributed by atoms with van der Waals surface area (Å²) < 4.78 is 100. The van der Waals surface area contributed by atoms with Crippen LogP contribution in [-0.2, 0) is 21.9 Å². The highest BCUT2D eigenvalue weighted by atomic mass is 19.4. The smallest absolute Gasteiger partial charge is 0.370 e. The van der Waals surface area contributed by atoms with Crippen molar-refractivity contribution in [3.63, 3.8) is 0 Å². The maximum atomic E-state index is 13.6. The number of hydrogen-bond acceptors (Lipinski definition) is 3. The van der Waals surface area contributed by atoms with Gasteiger partial charge in [-0.25, -0.2) is 4.39 Å². The lowest BCUT2D eigenvalue weighted by Crippen LogP contribution is -2.48. The van der Waals surface area contributed by atoms with E-state index in [-0.39, 0.29) is 36.0 Å². The molecule has 2 fully saturated rings. The highest BCUT2D eigenvalue weighted by molar-refractivity contribution is 5.79. The van der Waals surface area contributed by atoms with Gasteiger partial charge in [-0.05, 0) is 80.5 Å². The minimum atomic E-state index is -4.97. The normalized spacial score (nSPS) is 25.4. The Morgan fingerprint density at radius 3 is 2.03 bits per heavy atom. The van der Waals surface area contributed by atoms with Crippen LogP contribution in [0.5, 0.6) is 0 Å². The number of carbonyl (C=O) groups is 1. The van der Waals surface area contributed by atoms with Gasteiger partial charge < -0.3 is 15.4 Å². The van der Waals surface area contributed by atoms with Crippen molar-refractivity contribution >= 4 is 5.91 Å². The largest absolute Gasteiger partial charge is 0.416 e. The third kappa shape index (κ3) is 7.11. The Morgan fingerprint density at radius 2 is 1.49 bits per heavy atom. The molecular formula is C28H31F7N2O2. The summed E-state index contributed by atoms with van der Waals surface area (Å²) in [5.41, 5.74) is 3.55. The summed E-state index contributed by atoms with van der Waals surface area (Å²) in [4.78, 5) is 15.0. The van der Waals surface area contributed by atoms with Crippen LogP contribution in [0, 0.1) is 11.7 Å².